The molecule has 2 rings (SSSR count). The lowest BCUT2D eigenvalue weighted by Crippen LogP contribution is -2.16. The molecule has 1 unspecified atom stereocenters. The van der Waals surface area contributed by atoms with Crippen LogP contribution in [0, 0.1) is 0 Å². The number of rotatable bonds is 4. The predicted molar refractivity (Wildman–Crippen MR) is 79.0 cm³/mol. The molecule has 1 N–H and O–H groups in total. The number of halogens is 1. The molecule has 0 amide bonds. The number of nitrogens with zero attached hydrogens (tertiary/aromatic N) is 2. The van der Waals surface area contributed by atoms with Crippen molar-refractivity contribution in [3.05, 3.63) is 45.4 Å². The zero-order chi connectivity index (χ0) is 13.1. The van der Waals surface area contributed by atoms with Crippen molar-refractivity contribution in [3.8, 4) is 0 Å². The molecule has 1 aromatic carbocycles. The summed E-state index contributed by atoms with van der Waals surface area (Å²) < 4.78 is 1.10. The van der Waals surface area contributed by atoms with Crippen LogP contribution in [-0.2, 0) is 6.54 Å². The number of aliphatic hydroxyl groups excluding tert-OH is 1. The van der Waals surface area contributed by atoms with Gasteiger partial charge >= 0.3 is 0 Å². The van der Waals surface area contributed by atoms with Crippen molar-refractivity contribution in [3.63, 3.8) is 0 Å². The summed E-state index contributed by atoms with van der Waals surface area (Å²) in [6, 6.07) is 8.15. The summed E-state index contributed by atoms with van der Waals surface area (Å²) in [5.41, 5.74) is 1.95. The van der Waals surface area contributed by atoms with Crippen LogP contribution in [-0.4, -0.2) is 17.1 Å². The molecule has 0 fully saturated rings. The van der Waals surface area contributed by atoms with Crippen molar-refractivity contribution in [1.29, 1.82) is 0 Å². The van der Waals surface area contributed by atoms with Crippen molar-refractivity contribution in [2.24, 2.45) is 0 Å². The van der Waals surface area contributed by atoms with Crippen molar-refractivity contribution < 1.29 is 5.11 Å². The Morgan fingerprint density at radius 3 is 2.78 bits per heavy atom. The minimum Gasteiger partial charge on any atom is -0.387 e. The third kappa shape index (κ3) is 3.10. The second-order valence-electron chi connectivity index (χ2n) is 4.18. The van der Waals surface area contributed by atoms with Crippen LogP contribution in [0.25, 0.3) is 0 Å². The molecule has 0 saturated heterocycles. The molecule has 0 radical (unpaired) electrons. The molecule has 0 aliphatic carbocycles. The Morgan fingerprint density at radius 2 is 2.17 bits per heavy atom. The molecule has 0 aliphatic rings. The van der Waals surface area contributed by atoms with Crippen LogP contribution in [0.5, 0.6) is 0 Å². The highest BCUT2D eigenvalue weighted by Crippen LogP contribution is 2.25. The Morgan fingerprint density at radius 1 is 1.44 bits per heavy atom. The van der Waals surface area contributed by atoms with E-state index in [2.05, 4.69) is 31.9 Å². The van der Waals surface area contributed by atoms with E-state index in [-0.39, 0.29) is 0 Å². The zero-order valence-electron chi connectivity index (χ0n) is 10.3. The van der Waals surface area contributed by atoms with Crippen LogP contribution in [0.3, 0.4) is 0 Å². The maximum Gasteiger partial charge on any atom is 0.185 e. The number of anilines is 1. The van der Waals surface area contributed by atoms with E-state index in [1.165, 1.54) is 5.56 Å². The van der Waals surface area contributed by atoms with Crippen LogP contribution >= 0.6 is 27.3 Å². The van der Waals surface area contributed by atoms with Gasteiger partial charge in [-0.2, -0.15) is 0 Å². The number of aromatic nitrogens is 1. The smallest absolute Gasteiger partial charge is 0.185 e. The molecule has 1 aromatic heterocycles. The summed E-state index contributed by atoms with van der Waals surface area (Å²) in [6.45, 7) is 2.51. The zero-order valence-corrected chi connectivity index (χ0v) is 12.7. The van der Waals surface area contributed by atoms with Crippen LogP contribution in [0.4, 0.5) is 5.13 Å². The van der Waals surface area contributed by atoms with Gasteiger partial charge in [0.15, 0.2) is 5.13 Å². The van der Waals surface area contributed by atoms with E-state index in [1.807, 2.05) is 30.6 Å². The maximum atomic E-state index is 9.47. The number of hydrogen-bond donors (Lipinski definition) is 1. The van der Waals surface area contributed by atoms with Crippen molar-refractivity contribution >= 4 is 32.4 Å². The fourth-order valence-corrected chi connectivity index (χ4v) is 2.88. The average Bonchev–Trinajstić information content (AvgIpc) is 2.81. The molecule has 96 valence electrons. The second kappa shape index (κ2) is 5.82. The lowest BCUT2D eigenvalue weighted by atomic mass is 10.2. The van der Waals surface area contributed by atoms with E-state index in [4.69, 9.17) is 0 Å². The summed E-state index contributed by atoms with van der Waals surface area (Å²) >= 11 is 5.09. The lowest BCUT2D eigenvalue weighted by Gasteiger charge is -2.16. The van der Waals surface area contributed by atoms with E-state index < -0.39 is 6.10 Å². The van der Waals surface area contributed by atoms with E-state index in [1.54, 1.807) is 18.3 Å². The van der Waals surface area contributed by atoms with Crippen molar-refractivity contribution in [1.82, 2.24) is 4.98 Å². The molecule has 1 atom stereocenters. The van der Waals surface area contributed by atoms with Gasteiger partial charge in [-0.1, -0.05) is 34.1 Å². The SMILES string of the molecule is CC(O)c1csc(N(C)Cc2ccccc2Br)n1. The first-order chi connectivity index (χ1) is 8.58. The first-order valence-corrected chi connectivity index (χ1v) is 7.33. The minimum absolute atomic E-state index is 0.508. The highest BCUT2D eigenvalue weighted by Gasteiger charge is 2.11. The number of thiazole rings is 1. The van der Waals surface area contributed by atoms with Crippen LogP contribution in [0.2, 0.25) is 0 Å². The predicted octanol–water partition coefficient (Wildman–Crippen LogP) is 3.60. The molecule has 1 heterocycles. The van der Waals surface area contributed by atoms with E-state index >= 15 is 0 Å². The van der Waals surface area contributed by atoms with Crippen LogP contribution in [0.1, 0.15) is 24.3 Å². The number of benzene rings is 1. The topological polar surface area (TPSA) is 36.4 Å². The van der Waals surface area contributed by atoms with Gasteiger partial charge in [-0.25, -0.2) is 4.98 Å². The molecule has 0 saturated carbocycles. The second-order valence-corrected chi connectivity index (χ2v) is 5.87. The van der Waals surface area contributed by atoms with Crippen LogP contribution < -0.4 is 4.90 Å². The summed E-state index contributed by atoms with van der Waals surface area (Å²) in [5, 5.41) is 12.3. The molecular weight excluding hydrogens is 312 g/mol. The average molecular weight is 327 g/mol. The molecule has 0 aliphatic heterocycles. The Bertz CT molecular complexity index is 527. The third-order valence-corrected chi connectivity index (χ3v) is 4.38. The van der Waals surface area contributed by atoms with Gasteiger partial charge in [0.05, 0.1) is 11.8 Å². The lowest BCUT2D eigenvalue weighted by molar-refractivity contribution is 0.195. The van der Waals surface area contributed by atoms with E-state index in [9.17, 15) is 5.11 Å². The third-order valence-electron chi connectivity index (χ3n) is 2.63. The highest BCUT2D eigenvalue weighted by atomic mass is 79.9. The fraction of sp³-hybridized carbons (Fsp3) is 0.308. The molecular formula is C13H15BrN2OS. The van der Waals surface area contributed by atoms with Gasteiger partial charge in [0.1, 0.15) is 0 Å². The van der Waals surface area contributed by atoms with Crippen molar-refractivity contribution in [2.45, 2.75) is 19.6 Å². The maximum absolute atomic E-state index is 9.47. The van der Waals surface area contributed by atoms with Gasteiger partial charge in [-0.15, -0.1) is 11.3 Å². The summed E-state index contributed by atoms with van der Waals surface area (Å²) in [7, 11) is 2.00. The first kappa shape index (κ1) is 13.5. The molecule has 5 heteroatoms. The molecule has 0 bridgehead atoms. The van der Waals surface area contributed by atoms with E-state index in [0.717, 1.165) is 21.8 Å². The van der Waals surface area contributed by atoms with Gasteiger partial charge in [0.2, 0.25) is 0 Å². The summed E-state index contributed by atoms with van der Waals surface area (Å²) in [5.74, 6) is 0. The van der Waals surface area contributed by atoms with Crippen molar-refractivity contribution in [2.75, 3.05) is 11.9 Å². The number of hydrogen-bond acceptors (Lipinski definition) is 4. The summed E-state index contributed by atoms with van der Waals surface area (Å²) in [4.78, 5) is 6.49. The first-order valence-electron chi connectivity index (χ1n) is 5.66. The fourth-order valence-electron chi connectivity index (χ4n) is 1.59. The molecule has 0 spiro atoms. The quantitative estimate of drug-likeness (QED) is 0.932. The van der Waals surface area contributed by atoms with Gasteiger partial charge in [0, 0.05) is 23.4 Å². The molecule has 3 nitrogen and oxygen atoms in total. The van der Waals surface area contributed by atoms with Crippen LogP contribution in [0.15, 0.2) is 34.1 Å². The Labute approximate surface area is 119 Å². The molecule has 18 heavy (non-hydrogen) atoms. The van der Waals surface area contributed by atoms with Gasteiger partial charge in [0.25, 0.3) is 0 Å². The summed E-state index contributed by atoms with van der Waals surface area (Å²) in [6.07, 6.45) is -0.508. The monoisotopic (exact) mass is 326 g/mol. The Balaban J connectivity index is 2.12. The molecule has 2 aromatic rings. The highest BCUT2D eigenvalue weighted by molar-refractivity contribution is 9.10. The Hall–Kier alpha value is -0.910. The standard InChI is InChI=1S/C13H15BrN2OS/c1-9(17)12-8-18-13(15-12)16(2)7-10-5-3-4-6-11(10)14/h3-6,8-9,17H,7H2,1-2H3. The number of aliphatic hydroxyl groups is 1. The van der Waals surface area contributed by atoms with E-state index in [0.29, 0.717) is 0 Å². The normalized spacial score (nSPS) is 12.4. The van der Waals surface area contributed by atoms with Gasteiger partial charge in [-0.05, 0) is 18.6 Å². The largest absolute Gasteiger partial charge is 0.387 e. The van der Waals surface area contributed by atoms with Gasteiger partial charge < -0.3 is 10.0 Å². The Kier molecular flexibility index (Phi) is 4.37. The minimum atomic E-state index is -0.508. The van der Waals surface area contributed by atoms with Gasteiger partial charge in [-0.3, -0.25) is 0 Å².